The van der Waals surface area contributed by atoms with Crippen molar-refractivity contribution in [2.24, 2.45) is 0 Å². The number of nitrogens with zero attached hydrogens (tertiary/aromatic N) is 6. The minimum Gasteiger partial charge on any atom is -0.347 e. The number of carbonyl (C=O) groups is 2. The Labute approximate surface area is 166 Å². The maximum Gasteiger partial charge on any atom is 0.283 e. The van der Waals surface area contributed by atoms with E-state index in [2.05, 4.69) is 25.3 Å². The maximum absolute atomic E-state index is 12.6. The molecule has 10 heteroatoms. The van der Waals surface area contributed by atoms with Crippen LogP contribution in [0.4, 0.5) is 11.5 Å². The second-order valence-corrected chi connectivity index (χ2v) is 7.57. The molecule has 9 nitrogen and oxygen atoms in total. The zero-order valence-corrected chi connectivity index (χ0v) is 17.2. The van der Waals surface area contributed by atoms with E-state index in [-0.39, 0.29) is 23.4 Å². The summed E-state index contributed by atoms with van der Waals surface area (Å²) < 4.78 is 0. The predicted molar refractivity (Wildman–Crippen MR) is 108 cm³/mol. The number of carbonyl (C=O) groups excluding carboxylic acids is 2. The zero-order valence-electron chi connectivity index (χ0n) is 16.3. The van der Waals surface area contributed by atoms with Crippen molar-refractivity contribution < 1.29 is 9.59 Å². The van der Waals surface area contributed by atoms with E-state index < -0.39 is 0 Å². The van der Waals surface area contributed by atoms with Crippen LogP contribution in [-0.4, -0.2) is 69.2 Å². The number of amides is 2. The molecule has 0 aliphatic rings. The molecule has 0 fully saturated rings. The number of hydrogen-bond donors (Lipinski definition) is 1. The number of nitrogens with one attached hydrogen (secondary N) is 1. The molecular weight excluding hydrogens is 378 g/mol. The van der Waals surface area contributed by atoms with Crippen LogP contribution in [-0.2, 0) is 4.79 Å². The standard InChI is InChI=1S/C18H21N7O2S/c1-10-6-12(7-19-11(10)2)22-15-14-16(21-9-20-15)28-17(23-14)18(27)25(5)8-13(26)24(3)4/h6-7,9H,8H2,1-5H3,(H,20,21,22). The molecule has 0 atom stereocenters. The fourth-order valence-electron chi connectivity index (χ4n) is 2.36. The first kappa shape index (κ1) is 19.6. The van der Waals surface area contributed by atoms with Crippen molar-refractivity contribution in [3.05, 3.63) is 34.9 Å². The van der Waals surface area contributed by atoms with Gasteiger partial charge in [0.15, 0.2) is 10.8 Å². The third-order valence-electron chi connectivity index (χ3n) is 4.20. The van der Waals surface area contributed by atoms with E-state index in [9.17, 15) is 9.59 Å². The van der Waals surface area contributed by atoms with Crippen LogP contribution in [0.5, 0.6) is 0 Å². The molecule has 0 unspecified atom stereocenters. The second kappa shape index (κ2) is 7.85. The van der Waals surface area contributed by atoms with E-state index in [1.165, 1.54) is 27.5 Å². The van der Waals surface area contributed by atoms with Crippen LogP contribution >= 0.6 is 11.3 Å². The average molecular weight is 399 g/mol. The topological polar surface area (TPSA) is 104 Å². The largest absolute Gasteiger partial charge is 0.347 e. The number of hydrogen-bond acceptors (Lipinski definition) is 8. The summed E-state index contributed by atoms with van der Waals surface area (Å²) in [5, 5.41) is 3.44. The van der Waals surface area contributed by atoms with Crippen molar-refractivity contribution in [2.45, 2.75) is 13.8 Å². The van der Waals surface area contributed by atoms with E-state index in [0.717, 1.165) is 16.9 Å². The molecule has 2 amide bonds. The molecule has 146 valence electrons. The molecule has 3 aromatic rings. The lowest BCUT2D eigenvalue weighted by Crippen LogP contribution is -2.37. The summed E-state index contributed by atoms with van der Waals surface area (Å²) in [7, 11) is 4.86. The van der Waals surface area contributed by atoms with Gasteiger partial charge in [0.1, 0.15) is 16.7 Å². The highest BCUT2D eigenvalue weighted by Crippen LogP contribution is 2.27. The summed E-state index contributed by atoms with van der Waals surface area (Å²) in [5.74, 6) is -0.00396. The van der Waals surface area contributed by atoms with Crippen molar-refractivity contribution in [3.63, 3.8) is 0 Å². The molecule has 1 N–H and O–H groups in total. The Bertz CT molecular complexity index is 1050. The number of likely N-dealkylation sites (N-methyl/N-ethyl adjacent to an activating group) is 2. The zero-order chi connectivity index (χ0) is 20.4. The first-order valence-corrected chi connectivity index (χ1v) is 9.35. The van der Waals surface area contributed by atoms with Gasteiger partial charge in [-0.2, -0.15) is 0 Å². The summed E-state index contributed by atoms with van der Waals surface area (Å²) in [6.07, 6.45) is 3.14. The Morgan fingerprint density at radius 1 is 1.14 bits per heavy atom. The molecule has 0 saturated heterocycles. The quantitative estimate of drug-likeness (QED) is 0.700. The van der Waals surface area contributed by atoms with Crippen molar-refractivity contribution in [1.82, 2.24) is 29.7 Å². The van der Waals surface area contributed by atoms with Crippen LogP contribution in [0.25, 0.3) is 10.3 Å². The third-order valence-corrected chi connectivity index (χ3v) is 5.15. The van der Waals surface area contributed by atoms with Crippen LogP contribution in [0.1, 0.15) is 21.1 Å². The maximum atomic E-state index is 12.6. The van der Waals surface area contributed by atoms with Crippen molar-refractivity contribution >= 4 is 45.0 Å². The van der Waals surface area contributed by atoms with Crippen LogP contribution in [0, 0.1) is 13.8 Å². The molecule has 0 radical (unpaired) electrons. The highest BCUT2D eigenvalue weighted by molar-refractivity contribution is 7.19. The van der Waals surface area contributed by atoms with Crippen molar-refractivity contribution in [1.29, 1.82) is 0 Å². The van der Waals surface area contributed by atoms with Gasteiger partial charge in [0.25, 0.3) is 5.91 Å². The number of rotatable bonds is 5. The summed E-state index contributed by atoms with van der Waals surface area (Å²) in [5.41, 5.74) is 3.28. The normalized spacial score (nSPS) is 10.8. The minimum atomic E-state index is -0.336. The highest BCUT2D eigenvalue weighted by atomic mass is 32.1. The van der Waals surface area contributed by atoms with Crippen LogP contribution < -0.4 is 5.32 Å². The average Bonchev–Trinajstić information content (AvgIpc) is 3.09. The predicted octanol–water partition coefficient (Wildman–Crippen LogP) is 2.00. The first-order valence-electron chi connectivity index (χ1n) is 8.53. The summed E-state index contributed by atoms with van der Waals surface area (Å²) >= 11 is 1.17. The molecule has 28 heavy (non-hydrogen) atoms. The molecule has 0 spiro atoms. The monoisotopic (exact) mass is 399 g/mol. The lowest BCUT2D eigenvalue weighted by molar-refractivity contribution is -0.129. The number of aryl methyl sites for hydroxylation is 2. The molecule has 0 saturated carbocycles. The molecule has 3 aromatic heterocycles. The molecular formula is C18H21N7O2S. The van der Waals surface area contributed by atoms with Gasteiger partial charge in [-0.3, -0.25) is 14.6 Å². The minimum absolute atomic E-state index is 0.0210. The summed E-state index contributed by atoms with van der Waals surface area (Å²) in [4.78, 5) is 45.1. The van der Waals surface area contributed by atoms with Crippen LogP contribution in [0.3, 0.4) is 0 Å². The Morgan fingerprint density at radius 3 is 2.57 bits per heavy atom. The lowest BCUT2D eigenvalue weighted by atomic mass is 10.2. The summed E-state index contributed by atoms with van der Waals surface area (Å²) in [6, 6.07) is 1.97. The SMILES string of the molecule is Cc1cc(Nc2ncnc3sc(C(=O)N(C)CC(=O)N(C)C)nc23)cnc1C. The lowest BCUT2D eigenvalue weighted by Gasteiger charge is -2.17. The number of fused-ring (bicyclic) bond motifs is 1. The fourth-order valence-corrected chi connectivity index (χ4v) is 3.27. The van der Waals surface area contributed by atoms with Gasteiger partial charge in [-0.05, 0) is 25.5 Å². The van der Waals surface area contributed by atoms with Gasteiger partial charge < -0.3 is 15.1 Å². The van der Waals surface area contributed by atoms with Crippen molar-refractivity contribution in [3.8, 4) is 0 Å². The molecule has 0 aliphatic heterocycles. The fraction of sp³-hybridized carbons (Fsp3) is 0.333. The Hall–Kier alpha value is -3.14. The van der Waals surface area contributed by atoms with Gasteiger partial charge in [-0.15, -0.1) is 0 Å². The van der Waals surface area contributed by atoms with Crippen LogP contribution in [0.15, 0.2) is 18.6 Å². The number of thiazole rings is 1. The smallest absolute Gasteiger partial charge is 0.283 e. The number of anilines is 2. The van der Waals surface area contributed by atoms with Crippen molar-refractivity contribution in [2.75, 3.05) is 33.0 Å². The van der Waals surface area contributed by atoms with Gasteiger partial charge in [-0.25, -0.2) is 15.0 Å². The Kier molecular flexibility index (Phi) is 5.50. The highest BCUT2D eigenvalue weighted by Gasteiger charge is 2.21. The third kappa shape index (κ3) is 4.06. The van der Waals surface area contributed by atoms with Gasteiger partial charge in [0.05, 0.1) is 18.4 Å². The van der Waals surface area contributed by atoms with E-state index in [0.29, 0.717) is 16.2 Å². The van der Waals surface area contributed by atoms with Gasteiger partial charge in [0.2, 0.25) is 5.91 Å². The molecule has 3 heterocycles. The Morgan fingerprint density at radius 2 is 1.89 bits per heavy atom. The summed E-state index contributed by atoms with van der Waals surface area (Å²) in [6.45, 7) is 3.90. The molecule has 0 aromatic carbocycles. The molecule has 0 aliphatic carbocycles. The van der Waals surface area contributed by atoms with E-state index in [1.807, 2.05) is 19.9 Å². The molecule has 0 bridgehead atoms. The van der Waals surface area contributed by atoms with Gasteiger partial charge in [0, 0.05) is 26.8 Å². The number of aromatic nitrogens is 4. The number of pyridine rings is 1. The first-order chi connectivity index (χ1) is 13.3. The molecule has 3 rings (SSSR count). The van der Waals surface area contributed by atoms with Gasteiger partial charge >= 0.3 is 0 Å². The van der Waals surface area contributed by atoms with E-state index in [4.69, 9.17) is 0 Å². The second-order valence-electron chi connectivity index (χ2n) is 6.60. The van der Waals surface area contributed by atoms with E-state index >= 15 is 0 Å². The van der Waals surface area contributed by atoms with Gasteiger partial charge in [-0.1, -0.05) is 11.3 Å². The Balaban J connectivity index is 1.87. The van der Waals surface area contributed by atoms with E-state index in [1.54, 1.807) is 27.3 Å². The van der Waals surface area contributed by atoms with Crippen LogP contribution in [0.2, 0.25) is 0 Å².